The minimum absolute atomic E-state index is 0.0266. The number of halogens is 1. The number of amides is 2. The van der Waals surface area contributed by atoms with Crippen LogP contribution in [0.2, 0.25) is 0 Å². The minimum atomic E-state index is -0.542. The third kappa shape index (κ3) is 4.89. The standard InChI is InChI=1S/C20H23FN2O2/c1-14(24)23(18-8-6-5-7-17(18)21)13-19(25)22-16-11-9-15(10-12-16)20(2,3)4/h5-12H,13H2,1-4H3,(H,22,25). The maximum atomic E-state index is 13.9. The number of para-hydroxylation sites is 1. The van der Waals surface area contributed by atoms with Crippen molar-refractivity contribution >= 4 is 23.2 Å². The molecule has 0 fully saturated rings. The molecule has 0 aliphatic carbocycles. The maximum Gasteiger partial charge on any atom is 0.244 e. The summed E-state index contributed by atoms with van der Waals surface area (Å²) in [6.45, 7) is 7.38. The van der Waals surface area contributed by atoms with Crippen molar-refractivity contribution in [1.82, 2.24) is 0 Å². The Kier molecular flexibility index (Phi) is 5.57. The van der Waals surface area contributed by atoms with E-state index in [2.05, 4.69) is 26.1 Å². The van der Waals surface area contributed by atoms with E-state index in [-0.39, 0.29) is 23.6 Å². The second-order valence-electron chi connectivity index (χ2n) is 6.93. The first kappa shape index (κ1) is 18.6. The number of carbonyl (C=O) groups excluding carboxylic acids is 2. The highest BCUT2D eigenvalue weighted by Crippen LogP contribution is 2.23. The Labute approximate surface area is 147 Å². The van der Waals surface area contributed by atoms with Gasteiger partial charge in [0.1, 0.15) is 12.4 Å². The summed E-state index contributed by atoms with van der Waals surface area (Å²) in [6.07, 6.45) is 0. The lowest BCUT2D eigenvalue weighted by atomic mass is 9.87. The van der Waals surface area contributed by atoms with E-state index >= 15 is 0 Å². The van der Waals surface area contributed by atoms with Crippen LogP contribution in [-0.2, 0) is 15.0 Å². The molecule has 0 unspecified atom stereocenters. The van der Waals surface area contributed by atoms with Crippen LogP contribution in [0.1, 0.15) is 33.3 Å². The van der Waals surface area contributed by atoms with Crippen LogP contribution >= 0.6 is 0 Å². The molecule has 1 N–H and O–H groups in total. The van der Waals surface area contributed by atoms with Gasteiger partial charge in [-0.1, -0.05) is 45.0 Å². The molecule has 0 saturated heterocycles. The van der Waals surface area contributed by atoms with Crippen LogP contribution in [0.4, 0.5) is 15.8 Å². The van der Waals surface area contributed by atoms with E-state index < -0.39 is 11.7 Å². The summed E-state index contributed by atoms with van der Waals surface area (Å²) in [7, 11) is 0. The molecule has 2 amide bonds. The number of nitrogens with zero attached hydrogens (tertiary/aromatic N) is 1. The van der Waals surface area contributed by atoms with Gasteiger partial charge in [0.05, 0.1) is 5.69 Å². The Morgan fingerprint density at radius 1 is 1.04 bits per heavy atom. The Hall–Kier alpha value is -2.69. The zero-order valence-electron chi connectivity index (χ0n) is 15.0. The first-order valence-corrected chi connectivity index (χ1v) is 8.11. The molecule has 4 nitrogen and oxygen atoms in total. The normalized spacial score (nSPS) is 11.1. The van der Waals surface area contributed by atoms with E-state index in [0.29, 0.717) is 5.69 Å². The number of hydrogen-bond acceptors (Lipinski definition) is 2. The van der Waals surface area contributed by atoms with Gasteiger partial charge >= 0.3 is 0 Å². The first-order chi connectivity index (χ1) is 11.7. The van der Waals surface area contributed by atoms with E-state index in [1.54, 1.807) is 6.07 Å². The number of anilines is 2. The SMILES string of the molecule is CC(=O)N(CC(=O)Nc1ccc(C(C)(C)C)cc1)c1ccccc1F. The van der Waals surface area contributed by atoms with Crippen LogP contribution < -0.4 is 10.2 Å². The highest BCUT2D eigenvalue weighted by atomic mass is 19.1. The predicted octanol–water partition coefficient (Wildman–Crippen LogP) is 4.11. The Balaban J connectivity index is 2.10. The zero-order valence-corrected chi connectivity index (χ0v) is 15.0. The van der Waals surface area contributed by atoms with E-state index in [1.807, 2.05) is 24.3 Å². The Morgan fingerprint density at radius 2 is 1.64 bits per heavy atom. The summed E-state index contributed by atoms with van der Waals surface area (Å²) in [4.78, 5) is 25.2. The maximum absolute atomic E-state index is 13.9. The molecule has 0 bridgehead atoms. The van der Waals surface area contributed by atoms with Crippen molar-refractivity contribution < 1.29 is 14.0 Å². The molecule has 132 valence electrons. The van der Waals surface area contributed by atoms with Gasteiger partial charge in [0, 0.05) is 12.6 Å². The highest BCUT2D eigenvalue weighted by Gasteiger charge is 2.19. The van der Waals surface area contributed by atoms with Gasteiger partial charge in [0.15, 0.2) is 0 Å². The van der Waals surface area contributed by atoms with Crippen molar-refractivity contribution in [1.29, 1.82) is 0 Å². The summed E-state index contributed by atoms with van der Waals surface area (Å²) in [5.41, 5.74) is 1.91. The van der Waals surface area contributed by atoms with Gasteiger partial charge in [-0.2, -0.15) is 0 Å². The fourth-order valence-electron chi connectivity index (χ4n) is 2.43. The average molecular weight is 342 g/mol. The fourth-order valence-corrected chi connectivity index (χ4v) is 2.43. The molecule has 2 rings (SSSR count). The molecule has 0 spiro atoms. The van der Waals surface area contributed by atoms with Crippen molar-refractivity contribution in [3.63, 3.8) is 0 Å². The monoisotopic (exact) mass is 342 g/mol. The van der Waals surface area contributed by atoms with Crippen molar-refractivity contribution in [2.24, 2.45) is 0 Å². The molecule has 0 aliphatic rings. The largest absolute Gasteiger partial charge is 0.325 e. The molecule has 5 heteroatoms. The molecule has 0 saturated carbocycles. The first-order valence-electron chi connectivity index (χ1n) is 8.11. The van der Waals surface area contributed by atoms with Gasteiger partial charge in [0.25, 0.3) is 0 Å². The Bertz CT molecular complexity index is 764. The van der Waals surface area contributed by atoms with E-state index in [1.165, 1.54) is 25.1 Å². The number of hydrogen-bond donors (Lipinski definition) is 1. The van der Waals surface area contributed by atoms with E-state index in [4.69, 9.17) is 0 Å². The topological polar surface area (TPSA) is 49.4 Å². The average Bonchev–Trinajstić information content (AvgIpc) is 2.53. The lowest BCUT2D eigenvalue weighted by Gasteiger charge is -2.21. The lowest BCUT2D eigenvalue weighted by Crippen LogP contribution is -2.37. The third-order valence-electron chi connectivity index (χ3n) is 3.86. The van der Waals surface area contributed by atoms with Crippen LogP contribution in [0.3, 0.4) is 0 Å². The quantitative estimate of drug-likeness (QED) is 0.909. The van der Waals surface area contributed by atoms with Crippen LogP contribution in [0.15, 0.2) is 48.5 Å². The van der Waals surface area contributed by atoms with Crippen LogP contribution in [0.25, 0.3) is 0 Å². The molecule has 2 aromatic carbocycles. The zero-order chi connectivity index (χ0) is 18.6. The molecule has 0 radical (unpaired) electrons. The summed E-state index contributed by atoms with van der Waals surface area (Å²) in [5, 5.41) is 2.74. The molecular formula is C20H23FN2O2. The molecule has 25 heavy (non-hydrogen) atoms. The molecule has 0 aliphatic heterocycles. The number of carbonyl (C=O) groups is 2. The van der Waals surface area contributed by atoms with Gasteiger partial charge in [-0.3, -0.25) is 9.59 Å². The highest BCUT2D eigenvalue weighted by molar-refractivity contribution is 6.01. The summed E-state index contributed by atoms with van der Waals surface area (Å²) < 4.78 is 13.9. The van der Waals surface area contributed by atoms with Crippen molar-refractivity contribution in [2.75, 3.05) is 16.8 Å². The third-order valence-corrected chi connectivity index (χ3v) is 3.86. The van der Waals surface area contributed by atoms with Gasteiger partial charge in [-0.15, -0.1) is 0 Å². The molecule has 0 heterocycles. The van der Waals surface area contributed by atoms with Crippen LogP contribution in [0.5, 0.6) is 0 Å². The predicted molar refractivity (Wildman–Crippen MR) is 98.2 cm³/mol. The summed E-state index contributed by atoms with van der Waals surface area (Å²) in [5.74, 6) is -1.33. The second-order valence-corrected chi connectivity index (χ2v) is 6.93. The van der Waals surface area contributed by atoms with Crippen molar-refractivity contribution in [2.45, 2.75) is 33.1 Å². The Morgan fingerprint density at radius 3 is 2.16 bits per heavy atom. The number of rotatable bonds is 4. The lowest BCUT2D eigenvalue weighted by molar-refractivity contribution is -0.120. The van der Waals surface area contributed by atoms with Crippen molar-refractivity contribution in [3.05, 3.63) is 59.9 Å². The number of benzene rings is 2. The van der Waals surface area contributed by atoms with Gasteiger partial charge < -0.3 is 10.2 Å². The van der Waals surface area contributed by atoms with Gasteiger partial charge in [-0.05, 0) is 35.2 Å². The number of nitrogens with one attached hydrogen (secondary N) is 1. The van der Waals surface area contributed by atoms with E-state index in [0.717, 1.165) is 10.5 Å². The second kappa shape index (κ2) is 7.47. The fraction of sp³-hybridized carbons (Fsp3) is 0.300. The summed E-state index contributed by atoms with van der Waals surface area (Å²) >= 11 is 0. The van der Waals surface area contributed by atoms with Crippen LogP contribution in [-0.4, -0.2) is 18.4 Å². The molecule has 0 aromatic heterocycles. The molecular weight excluding hydrogens is 319 g/mol. The van der Waals surface area contributed by atoms with Gasteiger partial charge in [-0.25, -0.2) is 4.39 Å². The molecule has 2 aromatic rings. The van der Waals surface area contributed by atoms with Gasteiger partial charge in [0.2, 0.25) is 11.8 Å². The minimum Gasteiger partial charge on any atom is -0.325 e. The summed E-state index contributed by atoms with van der Waals surface area (Å²) in [6, 6.07) is 13.4. The van der Waals surface area contributed by atoms with Crippen molar-refractivity contribution in [3.8, 4) is 0 Å². The van der Waals surface area contributed by atoms with E-state index in [9.17, 15) is 14.0 Å². The molecule has 0 atom stereocenters. The van der Waals surface area contributed by atoms with Crippen LogP contribution in [0, 0.1) is 5.82 Å². The smallest absolute Gasteiger partial charge is 0.244 e.